The number of carbonyl (C=O) groups is 1. The molecule has 6 aromatic carbocycles. The maximum absolute atomic E-state index is 11.3. The molecule has 3 atom stereocenters. The van der Waals surface area contributed by atoms with E-state index in [-0.39, 0.29) is 47.9 Å². The van der Waals surface area contributed by atoms with Gasteiger partial charge in [0.1, 0.15) is 52.8 Å². The zero-order valence-corrected chi connectivity index (χ0v) is 72.9. The summed E-state index contributed by atoms with van der Waals surface area (Å²) in [4.78, 5) is 39.0. The van der Waals surface area contributed by atoms with E-state index in [9.17, 15) is 30.3 Å². The molecule has 15 rings (SSSR count). The van der Waals surface area contributed by atoms with Crippen molar-refractivity contribution in [2.75, 3.05) is 90.3 Å². The Labute approximate surface area is 716 Å². The predicted molar refractivity (Wildman–Crippen MR) is 467 cm³/mol. The standard InChI is InChI=1S/C29H35N5O3.C26H31N5O3.C21H24N4O4.C8H11N.C4H8O.CH2Cl2.Mn.2O/c1-18-10-19(2)12-22(11-18)30-14-21-7-8-24-26(13-21)34(16-25-27(35)9-6-20(3)32-25)28(33-24)31-15-23-17-36-29(4,5)37-23;1-16-8-17(2)10-20(9-16)27-12-19-5-6-22-24(11-19)31(26(30-22)28-13-21(33)15-32)14-23-25(34)7-4-18(3)29-23;1-13-4-7-19(27)17(23-13)10-25-18-8-14(11-26)5-6-16(18)24-20(25)22-9-15-12-28-21(2,3)29-15;1-6-3-7(2)5-8(9)4-6;1-2-4-5-3-1;2-1-3;;;/h6-13,23,30,35H,14-17H2,1-5H3,(H,31,33);4-11,21,27,32-34H,12-15H2,1-3H3,(H,28,30);4-8,11,15,27H,9-10,12H2,1-3H3,(H,22,24);3-5H,9H2,1-2H3;1-4H2;1H2;;;. The summed E-state index contributed by atoms with van der Waals surface area (Å²) in [5.74, 6) is 1.06. The number of imidazole rings is 3. The van der Waals surface area contributed by atoms with E-state index < -0.39 is 32.5 Å². The Kier molecular flexibility index (Phi) is 34.7. The van der Waals surface area contributed by atoms with E-state index in [0.717, 1.165) is 97.9 Å². The van der Waals surface area contributed by atoms with Gasteiger partial charge in [-0.3, -0.25) is 19.7 Å². The Hall–Kier alpha value is -10.5. The third-order valence-electron chi connectivity index (χ3n) is 19.1. The molecular formula is C89H111Cl2MnN15O13. The van der Waals surface area contributed by atoms with Crippen molar-refractivity contribution in [3.63, 3.8) is 0 Å². The number of aliphatic hydroxyl groups excluding tert-OH is 2. The number of nitrogens with two attached hydrogens (primary N) is 1. The third-order valence-corrected chi connectivity index (χ3v) is 19.1. The number of ether oxygens (including phenoxy) is 5. The summed E-state index contributed by atoms with van der Waals surface area (Å²) in [5.41, 5.74) is 27.9. The Balaban J connectivity index is 0.000000184. The van der Waals surface area contributed by atoms with Crippen molar-refractivity contribution in [2.45, 2.75) is 165 Å². The molecule has 3 unspecified atom stereocenters. The van der Waals surface area contributed by atoms with E-state index >= 15 is 0 Å². The number of aldehydes is 1. The minimum absolute atomic E-state index is 0.0775. The van der Waals surface area contributed by atoms with Gasteiger partial charge in [-0.15, -0.1) is 23.2 Å². The van der Waals surface area contributed by atoms with Crippen LogP contribution in [-0.4, -0.2) is 163 Å². The Morgan fingerprint density at radius 3 is 1.18 bits per heavy atom. The molecule has 0 saturated carbocycles. The molecule has 0 radical (unpaired) electrons. The fourth-order valence-corrected chi connectivity index (χ4v) is 13.8. The van der Waals surface area contributed by atoms with Gasteiger partial charge in [0.25, 0.3) is 0 Å². The average Bonchev–Trinajstić information content (AvgIpc) is 1.64. The Morgan fingerprint density at radius 1 is 0.500 bits per heavy atom. The first kappa shape index (κ1) is 93.3. The number of pyridine rings is 3. The second-order valence-electron chi connectivity index (χ2n) is 30.6. The molecule has 0 spiro atoms. The third kappa shape index (κ3) is 28.3. The molecule has 28 nitrogen and oxygen atoms in total. The molecule has 31 heteroatoms. The van der Waals surface area contributed by atoms with E-state index in [0.29, 0.717) is 99.5 Å². The molecule has 0 amide bonds. The number of fused-ring (bicyclic) bond motifs is 3. The number of aromatic hydroxyl groups is 3. The maximum atomic E-state index is 11.3. The summed E-state index contributed by atoms with van der Waals surface area (Å²) >= 11 is 8.09. The van der Waals surface area contributed by atoms with Crippen LogP contribution in [0.3, 0.4) is 0 Å². The van der Waals surface area contributed by atoms with Gasteiger partial charge in [-0.25, -0.2) is 15.0 Å². The molecule has 3 fully saturated rings. The van der Waals surface area contributed by atoms with Gasteiger partial charge in [-0.1, -0.05) is 30.3 Å². The number of hydrogen-bond acceptors (Lipinski definition) is 25. The summed E-state index contributed by atoms with van der Waals surface area (Å²) in [7, 11) is 0. The predicted octanol–water partition coefficient (Wildman–Crippen LogP) is 15.5. The van der Waals surface area contributed by atoms with Crippen LogP contribution in [0.4, 0.5) is 34.9 Å². The van der Waals surface area contributed by atoms with Crippen molar-refractivity contribution in [1.29, 1.82) is 0 Å². The van der Waals surface area contributed by atoms with Crippen LogP contribution in [0, 0.1) is 62.3 Å². The molecule has 3 aliphatic rings. The first-order valence-corrected chi connectivity index (χ1v) is 41.5. The van der Waals surface area contributed by atoms with Gasteiger partial charge in [-0.05, 0) is 263 Å². The molecule has 3 saturated heterocycles. The topological polar surface area (TPSA) is 377 Å². The molecule has 0 aliphatic carbocycles. The Morgan fingerprint density at radius 2 is 0.850 bits per heavy atom. The van der Waals surface area contributed by atoms with E-state index in [1.54, 1.807) is 48.5 Å². The molecule has 6 aromatic heterocycles. The molecule has 9 heterocycles. The average molecular weight is 1720 g/mol. The number of alkyl halides is 2. The van der Waals surface area contributed by atoms with Crippen LogP contribution in [0.5, 0.6) is 17.2 Å². The van der Waals surface area contributed by atoms with Crippen molar-refractivity contribution in [1.82, 2.24) is 43.6 Å². The number of hydrogen-bond donors (Lipinski definition) is 11. The van der Waals surface area contributed by atoms with Crippen molar-refractivity contribution < 1.29 is 76.5 Å². The van der Waals surface area contributed by atoms with Crippen LogP contribution in [0.15, 0.2) is 146 Å². The number of carbonyl (C=O) groups excluding carboxylic acids is 1. The number of nitrogens with one attached hydrogen (secondary N) is 5. The van der Waals surface area contributed by atoms with Crippen LogP contribution in [0.25, 0.3) is 33.1 Å². The second-order valence-corrected chi connectivity index (χ2v) is 31.6. The van der Waals surface area contributed by atoms with Crippen LogP contribution in [0.2, 0.25) is 0 Å². The first-order valence-electron chi connectivity index (χ1n) is 39.4. The number of anilines is 6. The van der Waals surface area contributed by atoms with E-state index in [4.69, 9.17) is 65.3 Å². The van der Waals surface area contributed by atoms with Gasteiger partial charge in [0, 0.05) is 85.6 Å². The molecule has 641 valence electrons. The quantitative estimate of drug-likeness (QED) is 0.0123. The van der Waals surface area contributed by atoms with Crippen LogP contribution in [-0.2, 0) is 78.9 Å². The van der Waals surface area contributed by atoms with Crippen LogP contribution in [0.1, 0.15) is 130 Å². The second kappa shape index (κ2) is 44.7. The summed E-state index contributed by atoms with van der Waals surface area (Å²) < 4.78 is 50.8. The SMILES string of the molecule is C1CCOC1.Cc1cc(C)cc(N)c1.Cc1cc(C)cc(NCc2ccc3nc(NCC(O)CO)n(Cc4nc(C)ccc4O)c3c2)c1.Cc1cc(C)cc(NCc2ccc3nc(NCC4COC(C)(C)O4)n(Cc4nc(C)ccc4O)c3c2)c1.Cc1ccc(O)c(Cn2c(NCC3COC(C)(C)O3)nc3ccc(C=O)cc32)n1.ClCCl.[O]=[Mn]=[O]. The van der Waals surface area contributed by atoms with Gasteiger partial charge in [0.15, 0.2) is 11.6 Å². The Bertz CT molecular complexity index is 5340. The minimum atomic E-state index is -1.44. The number of aliphatic hydroxyl groups is 2. The van der Waals surface area contributed by atoms with Gasteiger partial charge in [0.05, 0.1) is 84.0 Å². The zero-order chi connectivity index (χ0) is 86.8. The summed E-state index contributed by atoms with van der Waals surface area (Å²) in [6.07, 6.45) is 2.27. The monoisotopic (exact) mass is 1720 g/mol. The summed E-state index contributed by atoms with van der Waals surface area (Å²) in [6, 6.07) is 46.8. The zero-order valence-electron chi connectivity index (χ0n) is 70.2. The molecular weight excluding hydrogens is 1610 g/mol. The van der Waals surface area contributed by atoms with Crippen LogP contribution < -0.4 is 32.3 Å². The molecule has 0 bridgehead atoms. The number of nitrogens with zero attached hydrogens (tertiary/aromatic N) is 9. The molecule has 120 heavy (non-hydrogen) atoms. The van der Waals surface area contributed by atoms with Gasteiger partial charge >= 0.3 is 22.5 Å². The number of aryl methyl sites for hydroxylation is 9. The van der Waals surface area contributed by atoms with Crippen molar-refractivity contribution in [2.24, 2.45) is 0 Å². The van der Waals surface area contributed by atoms with Crippen molar-refractivity contribution in [3.8, 4) is 17.2 Å². The summed E-state index contributed by atoms with van der Waals surface area (Å²) in [6.45, 7) is 32.0. The van der Waals surface area contributed by atoms with Gasteiger partial charge in [0.2, 0.25) is 17.8 Å². The number of nitrogen functional groups attached to an aromatic ring is 1. The van der Waals surface area contributed by atoms with E-state index in [1.807, 2.05) is 108 Å². The number of benzene rings is 6. The van der Waals surface area contributed by atoms with E-state index in [1.165, 1.54) is 46.2 Å². The van der Waals surface area contributed by atoms with Gasteiger partial charge in [-0.2, -0.15) is 0 Å². The first-order chi connectivity index (χ1) is 57.3. The molecule has 12 N–H and O–H groups in total. The molecule has 12 aromatic rings. The van der Waals surface area contributed by atoms with E-state index in [2.05, 4.69) is 144 Å². The molecule has 3 aliphatic heterocycles. The summed E-state index contributed by atoms with van der Waals surface area (Å²) in [5, 5.41) is 67.2. The van der Waals surface area contributed by atoms with Crippen molar-refractivity contribution >= 4 is 97.5 Å². The number of aromatic nitrogens is 9. The van der Waals surface area contributed by atoms with Crippen molar-refractivity contribution in [3.05, 3.63) is 230 Å². The fourth-order valence-electron chi connectivity index (χ4n) is 13.8. The fraction of sp³-hybridized carbons (Fsp3) is 0.382. The normalized spacial score (nSPS) is 15.0. The van der Waals surface area contributed by atoms with Gasteiger partial charge < -0.3 is 95.2 Å². The van der Waals surface area contributed by atoms with Crippen LogP contribution >= 0.6 is 23.2 Å². The number of rotatable bonds is 23. The number of halogens is 2.